The standard InChI is InChI=1S/C13H21N5O2/c1-3-6-17-7-5-16-11(13(17)20)18-8-4-15-9-10(18)12(19)14-2/h5,7,10,15H,3-4,6,8-9H2,1-2H3,(H,14,19). The first-order chi connectivity index (χ1) is 9.69. The molecule has 1 aliphatic rings. The molecule has 1 saturated heterocycles. The van der Waals surface area contributed by atoms with Gasteiger partial charge in [0.1, 0.15) is 6.04 Å². The van der Waals surface area contributed by atoms with Crippen LogP contribution in [0.25, 0.3) is 0 Å². The van der Waals surface area contributed by atoms with Crippen molar-refractivity contribution < 1.29 is 4.79 Å². The minimum Gasteiger partial charge on any atom is -0.357 e. The second kappa shape index (κ2) is 6.51. The molecule has 2 heterocycles. The fourth-order valence-corrected chi connectivity index (χ4v) is 2.41. The number of aromatic nitrogens is 2. The van der Waals surface area contributed by atoms with Gasteiger partial charge >= 0.3 is 0 Å². The Morgan fingerprint density at radius 3 is 3.10 bits per heavy atom. The van der Waals surface area contributed by atoms with Crippen molar-refractivity contribution in [3.8, 4) is 0 Å². The van der Waals surface area contributed by atoms with E-state index in [2.05, 4.69) is 15.6 Å². The van der Waals surface area contributed by atoms with E-state index in [9.17, 15) is 9.59 Å². The van der Waals surface area contributed by atoms with Crippen LogP contribution in [0.2, 0.25) is 0 Å². The van der Waals surface area contributed by atoms with Gasteiger partial charge in [-0.3, -0.25) is 9.59 Å². The third-order valence-electron chi connectivity index (χ3n) is 3.42. The number of carbonyl (C=O) groups is 1. The van der Waals surface area contributed by atoms with E-state index in [-0.39, 0.29) is 11.5 Å². The van der Waals surface area contributed by atoms with Gasteiger partial charge in [-0.25, -0.2) is 4.98 Å². The molecule has 1 atom stereocenters. The summed E-state index contributed by atoms with van der Waals surface area (Å²) >= 11 is 0. The number of piperazine rings is 1. The predicted molar refractivity (Wildman–Crippen MR) is 76.9 cm³/mol. The van der Waals surface area contributed by atoms with Gasteiger partial charge in [-0.1, -0.05) is 6.92 Å². The third-order valence-corrected chi connectivity index (χ3v) is 3.42. The molecule has 1 aromatic heterocycles. The van der Waals surface area contributed by atoms with Gasteiger partial charge in [0.15, 0.2) is 5.82 Å². The summed E-state index contributed by atoms with van der Waals surface area (Å²) in [6.07, 6.45) is 4.19. The Morgan fingerprint density at radius 2 is 2.40 bits per heavy atom. The molecule has 1 aromatic rings. The Labute approximate surface area is 118 Å². The Morgan fingerprint density at radius 1 is 1.60 bits per heavy atom. The van der Waals surface area contributed by atoms with Crippen LogP contribution in [0.3, 0.4) is 0 Å². The SMILES string of the molecule is CCCn1ccnc(N2CCNCC2C(=O)NC)c1=O. The largest absolute Gasteiger partial charge is 0.357 e. The Balaban J connectivity index is 2.35. The van der Waals surface area contributed by atoms with Gasteiger partial charge in [0.2, 0.25) is 5.91 Å². The van der Waals surface area contributed by atoms with E-state index in [1.54, 1.807) is 28.9 Å². The molecule has 1 fully saturated rings. The molecule has 0 saturated carbocycles. The average molecular weight is 279 g/mol. The first-order valence-corrected chi connectivity index (χ1v) is 6.93. The van der Waals surface area contributed by atoms with Crippen LogP contribution in [0.5, 0.6) is 0 Å². The van der Waals surface area contributed by atoms with Crippen LogP contribution < -0.4 is 21.1 Å². The van der Waals surface area contributed by atoms with Gasteiger partial charge in [-0.2, -0.15) is 0 Å². The topological polar surface area (TPSA) is 79.3 Å². The molecule has 110 valence electrons. The zero-order chi connectivity index (χ0) is 14.5. The molecule has 0 spiro atoms. The number of aryl methyl sites for hydroxylation is 1. The van der Waals surface area contributed by atoms with Crippen molar-refractivity contribution >= 4 is 11.7 Å². The lowest BCUT2D eigenvalue weighted by Crippen LogP contribution is -2.59. The normalized spacial score (nSPS) is 18.9. The molecule has 1 unspecified atom stereocenters. The number of nitrogens with zero attached hydrogens (tertiary/aromatic N) is 3. The monoisotopic (exact) mass is 279 g/mol. The lowest BCUT2D eigenvalue weighted by Gasteiger charge is -2.35. The van der Waals surface area contributed by atoms with Crippen molar-refractivity contribution in [2.75, 3.05) is 31.6 Å². The first-order valence-electron chi connectivity index (χ1n) is 6.93. The molecular weight excluding hydrogens is 258 g/mol. The zero-order valence-electron chi connectivity index (χ0n) is 11.9. The molecule has 1 amide bonds. The van der Waals surface area contributed by atoms with Crippen LogP contribution in [-0.2, 0) is 11.3 Å². The number of likely N-dealkylation sites (N-methyl/N-ethyl adjacent to an activating group) is 1. The molecule has 0 aliphatic carbocycles. The summed E-state index contributed by atoms with van der Waals surface area (Å²) in [5.41, 5.74) is -0.134. The van der Waals surface area contributed by atoms with E-state index >= 15 is 0 Å². The number of anilines is 1. The van der Waals surface area contributed by atoms with Crippen molar-refractivity contribution in [1.82, 2.24) is 20.2 Å². The van der Waals surface area contributed by atoms with E-state index in [0.717, 1.165) is 13.0 Å². The summed E-state index contributed by atoms with van der Waals surface area (Å²) < 4.78 is 1.64. The predicted octanol–water partition coefficient (Wildman–Crippen LogP) is -0.822. The Hall–Kier alpha value is -1.89. The molecule has 2 N–H and O–H groups in total. The average Bonchev–Trinajstić information content (AvgIpc) is 2.49. The summed E-state index contributed by atoms with van der Waals surface area (Å²) in [6.45, 7) is 4.52. The minimum atomic E-state index is -0.397. The van der Waals surface area contributed by atoms with Gasteiger partial charge in [-0.05, 0) is 6.42 Å². The van der Waals surface area contributed by atoms with Crippen LogP contribution in [-0.4, -0.2) is 48.2 Å². The lowest BCUT2D eigenvalue weighted by atomic mass is 10.2. The number of hydrogen-bond donors (Lipinski definition) is 2. The van der Waals surface area contributed by atoms with Crippen molar-refractivity contribution in [2.24, 2.45) is 0 Å². The summed E-state index contributed by atoms with van der Waals surface area (Å²) in [5, 5.41) is 5.81. The number of carbonyl (C=O) groups excluding carboxylic acids is 1. The molecule has 20 heavy (non-hydrogen) atoms. The van der Waals surface area contributed by atoms with Gasteiger partial charge in [0.05, 0.1) is 0 Å². The van der Waals surface area contributed by atoms with E-state index in [0.29, 0.717) is 25.5 Å². The second-order valence-electron chi connectivity index (χ2n) is 4.78. The third kappa shape index (κ3) is 2.82. The van der Waals surface area contributed by atoms with Crippen LogP contribution >= 0.6 is 0 Å². The molecule has 2 rings (SSSR count). The molecule has 1 aliphatic heterocycles. The van der Waals surface area contributed by atoms with E-state index in [1.807, 2.05) is 6.92 Å². The minimum absolute atomic E-state index is 0.107. The summed E-state index contributed by atoms with van der Waals surface area (Å²) in [5.74, 6) is 0.250. The highest BCUT2D eigenvalue weighted by Gasteiger charge is 2.30. The maximum Gasteiger partial charge on any atom is 0.293 e. The van der Waals surface area contributed by atoms with Crippen LogP contribution in [0, 0.1) is 0 Å². The highest BCUT2D eigenvalue weighted by atomic mass is 16.2. The summed E-state index contributed by atoms with van der Waals surface area (Å²) in [4.78, 5) is 30.4. The molecule has 0 bridgehead atoms. The molecule has 0 radical (unpaired) electrons. The van der Waals surface area contributed by atoms with Gasteiger partial charge in [0, 0.05) is 45.6 Å². The van der Waals surface area contributed by atoms with E-state index in [1.165, 1.54) is 0 Å². The van der Waals surface area contributed by atoms with Crippen LogP contribution in [0.1, 0.15) is 13.3 Å². The quantitative estimate of drug-likeness (QED) is 0.752. The van der Waals surface area contributed by atoms with Crippen LogP contribution in [0.4, 0.5) is 5.82 Å². The zero-order valence-corrected chi connectivity index (χ0v) is 11.9. The van der Waals surface area contributed by atoms with E-state index in [4.69, 9.17) is 0 Å². The van der Waals surface area contributed by atoms with Gasteiger partial charge < -0.3 is 20.1 Å². The van der Waals surface area contributed by atoms with Gasteiger partial charge in [0.25, 0.3) is 5.56 Å². The summed E-state index contributed by atoms with van der Waals surface area (Å²) in [6, 6.07) is -0.397. The molecular formula is C13H21N5O2. The maximum absolute atomic E-state index is 12.4. The molecule has 7 nitrogen and oxygen atoms in total. The smallest absolute Gasteiger partial charge is 0.293 e. The van der Waals surface area contributed by atoms with E-state index < -0.39 is 6.04 Å². The fourth-order valence-electron chi connectivity index (χ4n) is 2.41. The number of rotatable bonds is 4. The fraction of sp³-hybridized carbons (Fsp3) is 0.615. The highest BCUT2D eigenvalue weighted by Crippen LogP contribution is 2.11. The van der Waals surface area contributed by atoms with Crippen molar-refractivity contribution in [2.45, 2.75) is 25.9 Å². The number of hydrogen-bond acceptors (Lipinski definition) is 5. The highest BCUT2D eigenvalue weighted by molar-refractivity contribution is 5.85. The Bertz CT molecular complexity index is 528. The second-order valence-corrected chi connectivity index (χ2v) is 4.78. The summed E-state index contributed by atoms with van der Waals surface area (Å²) in [7, 11) is 1.60. The number of amides is 1. The first kappa shape index (κ1) is 14.5. The van der Waals surface area contributed by atoms with Crippen molar-refractivity contribution in [1.29, 1.82) is 0 Å². The molecule has 7 heteroatoms. The van der Waals surface area contributed by atoms with Crippen molar-refractivity contribution in [3.05, 3.63) is 22.7 Å². The maximum atomic E-state index is 12.4. The lowest BCUT2D eigenvalue weighted by molar-refractivity contribution is -0.122. The molecule has 0 aromatic carbocycles. The number of nitrogens with one attached hydrogen (secondary N) is 2. The van der Waals surface area contributed by atoms with Gasteiger partial charge in [-0.15, -0.1) is 0 Å². The Kier molecular flexibility index (Phi) is 4.73. The van der Waals surface area contributed by atoms with Crippen molar-refractivity contribution in [3.63, 3.8) is 0 Å². The van der Waals surface area contributed by atoms with Crippen LogP contribution in [0.15, 0.2) is 17.2 Å².